The lowest BCUT2D eigenvalue weighted by Gasteiger charge is -2.28. The van der Waals surface area contributed by atoms with Gasteiger partial charge in [-0.1, -0.05) is 0 Å². The van der Waals surface area contributed by atoms with Crippen molar-refractivity contribution in [3.8, 4) is 0 Å². The number of amides is 2. The quantitative estimate of drug-likeness (QED) is 0.169. The van der Waals surface area contributed by atoms with E-state index >= 15 is 4.39 Å². The van der Waals surface area contributed by atoms with Crippen molar-refractivity contribution in [1.82, 2.24) is 19.5 Å². The van der Waals surface area contributed by atoms with Gasteiger partial charge >= 0.3 is 30.3 Å². The van der Waals surface area contributed by atoms with Gasteiger partial charge in [0.1, 0.15) is 22.9 Å². The van der Waals surface area contributed by atoms with Crippen molar-refractivity contribution in [2.45, 2.75) is 110 Å². The summed E-state index contributed by atoms with van der Waals surface area (Å²) in [5.41, 5.74) is -3.75. The van der Waals surface area contributed by atoms with Crippen LogP contribution in [0.5, 0.6) is 0 Å². The van der Waals surface area contributed by atoms with Crippen molar-refractivity contribution in [2.75, 3.05) is 11.5 Å². The zero-order valence-electron chi connectivity index (χ0n) is 27.5. The van der Waals surface area contributed by atoms with Crippen LogP contribution in [0.4, 0.5) is 24.6 Å². The molecule has 266 valence electrons. The molecule has 0 spiro atoms. The lowest BCUT2D eigenvalue weighted by molar-refractivity contribution is -0.170. The van der Waals surface area contributed by atoms with Gasteiger partial charge in [-0.3, -0.25) is 4.57 Å². The van der Waals surface area contributed by atoms with Crippen molar-refractivity contribution in [3.63, 3.8) is 0 Å². The Balaban J connectivity index is 2.10. The first-order chi connectivity index (χ1) is 21.9. The number of nitrogens with zero attached hydrogens (tertiary/aromatic N) is 5. The van der Waals surface area contributed by atoms with Crippen LogP contribution in [-0.2, 0) is 38.0 Å². The number of aromatic nitrogens is 4. The third kappa shape index (κ3) is 9.60. The van der Waals surface area contributed by atoms with Crippen LogP contribution in [0.1, 0.15) is 68.5 Å². The number of halogens is 2. The largest absolute Gasteiger partial charge is 0.509 e. The fourth-order valence-corrected chi connectivity index (χ4v) is 4.26. The molecule has 0 unspecified atom stereocenters. The second kappa shape index (κ2) is 14.0. The monoisotopic (exact) mass is 705 g/mol. The van der Waals surface area contributed by atoms with E-state index in [-0.39, 0.29) is 11.2 Å². The van der Waals surface area contributed by atoms with Crippen molar-refractivity contribution >= 4 is 58.9 Å². The van der Waals surface area contributed by atoms with Gasteiger partial charge in [-0.05, 0) is 73.9 Å². The number of imide groups is 1. The molecule has 1 saturated heterocycles. The number of fused-ring (bicyclic) bond motifs is 1. The molecule has 0 saturated carbocycles. The molecule has 1 fully saturated rings. The van der Waals surface area contributed by atoms with Crippen LogP contribution >= 0.6 is 11.6 Å². The van der Waals surface area contributed by atoms with Crippen molar-refractivity contribution in [3.05, 3.63) is 11.6 Å². The summed E-state index contributed by atoms with van der Waals surface area (Å²) >= 11 is 6.20. The lowest BCUT2D eigenvalue weighted by atomic mass is 10.1. The van der Waals surface area contributed by atoms with Gasteiger partial charge in [-0.2, -0.15) is 14.9 Å². The van der Waals surface area contributed by atoms with Crippen LogP contribution in [0, 0.1) is 0 Å². The molecule has 0 radical (unpaired) electrons. The number of carbonyl (C=O) groups excluding carboxylic acids is 3. The summed E-state index contributed by atoms with van der Waals surface area (Å²) in [6.07, 6.45) is -12.5. The molecule has 3 heterocycles. The Kier molecular flexibility index (Phi) is 11.1. The molecule has 48 heavy (non-hydrogen) atoms. The molecule has 0 bridgehead atoms. The Bertz CT molecular complexity index is 1520. The summed E-state index contributed by atoms with van der Waals surface area (Å²) in [4.78, 5) is 74.5. The minimum atomic E-state index is -2.36. The van der Waals surface area contributed by atoms with Gasteiger partial charge in [0.2, 0.25) is 5.28 Å². The van der Waals surface area contributed by atoms with Crippen LogP contribution < -0.4 is 4.90 Å². The first-order valence-corrected chi connectivity index (χ1v) is 14.7. The van der Waals surface area contributed by atoms with E-state index in [4.69, 9.17) is 40.0 Å². The van der Waals surface area contributed by atoms with E-state index in [1.165, 1.54) is 20.8 Å². The maximum atomic E-state index is 16.2. The molecule has 18 nitrogen and oxygen atoms in total. The number of aliphatic carboxylic acids is 2. The lowest BCUT2D eigenvalue weighted by Crippen LogP contribution is -2.44. The summed E-state index contributed by atoms with van der Waals surface area (Å²) in [5, 5.41) is 17.9. The van der Waals surface area contributed by atoms with Gasteiger partial charge in [0.25, 0.3) is 6.10 Å². The van der Waals surface area contributed by atoms with Crippen LogP contribution in [0.15, 0.2) is 6.33 Å². The highest BCUT2D eigenvalue weighted by molar-refractivity contribution is 6.29. The number of hydrogen-bond acceptors (Lipinski definition) is 14. The van der Waals surface area contributed by atoms with E-state index in [0.29, 0.717) is 4.90 Å². The van der Waals surface area contributed by atoms with Gasteiger partial charge in [-0.15, -0.1) is 0 Å². The van der Waals surface area contributed by atoms with Crippen molar-refractivity contribution in [1.29, 1.82) is 0 Å². The fourth-order valence-electron chi connectivity index (χ4n) is 4.10. The SMILES string of the molecule is CC(C)(C)OC(=O)O[C@H]1[C@H](F)[C@H](n2cnc3c(N(C(=O)OC(C)(C)C)C(=O)OC(C)(C)C)nc(Cl)nc32)O[C@@H]1COC(C(=O)O)C(=O)O. The molecular weight excluding hydrogens is 669 g/mol. The summed E-state index contributed by atoms with van der Waals surface area (Å²) < 4.78 is 48.9. The average molecular weight is 706 g/mol. The Labute approximate surface area is 278 Å². The minimum absolute atomic E-state index is 0.270. The molecule has 1 aliphatic heterocycles. The predicted molar refractivity (Wildman–Crippen MR) is 160 cm³/mol. The number of imidazole rings is 1. The maximum Gasteiger partial charge on any atom is 0.509 e. The van der Waals surface area contributed by atoms with Gasteiger partial charge in [-0.25, -0.2) is 33.3 Å². The Morgan fingerprint density at radius 2 is 1.46 bits per heavy atom. The first kappa shape index (κ1) is 38.1. The van der Waals surface area contributed by atoms with E-state index < -0.39 is 95.5 Å². The van der Waals surface area contributed by atoms with Crippen LogP contribution in [0.2, 0.25) is 5.28 Å². The highest BCUT2D eigenvalue weighted by Crippen LogP contribution is 2.38. The number of anilines is 1. The maximum absolute atomic E-state index is 16.2. The van der Waals surface area contributed by atoms with Crippen LogP contribution in [-0.4, -0.2) is 108 Å². The summed E-state index contributed by atoms with van der Waals surface area (Å²) in [5.74, 6) is -4.19. The molecule has 3 rings (SSSR count). The standard InChI is InChI=1S/C28H37ClFN5O13/c1-26(2,3)46-23(40)35(24(41)47-27(4,5)6)18-14-17(32-22(29)33-18)34(11-31-14)19-13(30)15(45-25(42)48-28(7,8)9)12(44-19)10-43-16(20(36)37)21(38)39/h11-13,15-16,19H,10H2,1-9H3,(H,36,37)(H,38,39)/t12-,13+,15-,19-/m1/s1. The molecular formula is C28H37ClFN5O13. The van der Waals surface area contributed by atoms with Crippen LogP contribution in [0.3, 0.4) is 0 Å². The second-order valence-electron chi connectivity index (χ2n) is 13.4. The highest BCUT2D eigenvalue weighted by Gasteiger charge is 2.51. The minimum Gasteiger partial charge on any atom is -0.479 e. The fraction of sp³-hybridized carbons (Fsp3) is 0.643. The van der Waals surface area contributed by atoms with Crippen LogP contribution in [0.25, 0.3) is 11.2 Å². The normalized spacial score (nSPS) is 20.0. The van der Waals surface area contributed by atoms with E-state index in [2.05, 4.69) is 15.0 Å². The Hall–Kier alpha value is -4.36. The number of alkyl halides is 1. The van der Waals surface area contributed by atoms with Crippen molar-refractivity contribution < 1.29 is 67.0 Å². The number of carboxylic acids is 2. The number of ether oxygens (including phenoxy) is 6. The van der Waals surface area contributed by atoms with E-state index in [1.807, 2.05) is 0 Å². The Morgan fingerprint density at radius 3 is 1.94 bits per heavy atom. The molecule has 2 N–H and O–H groups in total. The molecule has 1 aliphatic rings. The van der Waals surface area contributed by atoms with E-state index in [1.54, 1.807) is 41.5 Å². The number of carboxylic acid groups (broad SMARTS) is 2. The molecule has 0 aromatic carbocycles. The van der Waals surface area contributed by atoms with Gasteiger partial charge in [0.05, 0.1) is 12.9 Å². The molecule has 2 amide bonds. The van der Waals surface area contributed by atoms with Gasteiger partial charge in [0, 0.05) is 0 Å². The first-order valence-electron chi connectivity index (χ1n) is 14.3. The zero-order chi connectivity index (χ0) is 36.5. The van der Waals surface area contributed by atoms with Crippen molar-refractivity contribution in [2.24, 2.45) is 0 Å². The third-order valence-corrected chi connectivity index (χ3v) is 5.95. The smallest absolute Gasteiger partial charge is 0.479 e. The highest BCUT2D eigenvalue weighted by atomic mass is 35.5. The molecule has 20 heteroatoms. The number of carbonyl (C=O) groups is 5. The average Bonchev–Trinajstić information content (AvgIpc) is 3.41. The zero-order valence-corrected chi connectivity index (χ0v) is 28.3. The molecule has 2 aromatic heterocycles. The van der Waals surface area contributed by atoms with E-state index in [0.717, 1.165) is 10.9 Å². The third-order valence-electron chi connectivity index (χ3n) is 5.78. The Morgan fingerprint density at radius 1 is 0.938 bits per heavy atom. The van der Waals surface area contributed by atoms with Gasteiger partial charge in [0.15, 0.2) is 35.5 Å². The van der Waals surface area contributed by atoms with Gasteiger partial charge < -0.3 is 38.6 Å². The number of hydrogen-bond donors (Lipinski definition) is 2. The topological polar surface area (TPSA) is 228 Å². The predicted octanol–water partition coefficient (Wildman–Crippen LogP) is 4.27. The number of rotatable bonds is 8. The second-order valence-corrected chi connectivity index (χ2v) is 13.7. The summed E-state index contributed by atoms with van der Waals surface area (Å²) in [6.45, 7) is 13.0. The molecule has 4 atom stereocenters. The molecule has 2 aromatic rings. The summed E-state index contributed by atoms with van der Waals surface area (Å²) in [6, 6.07) is 0. The van der Waals surface area contributed by atoms with E-state index in [9.17, 15) is 34.2 Å². The molecule has 0 aliphatic carbocycles. The summed E-state index contributed by atoms with van der Waals surface area (Å²) in [7, 11) is 0.